The number of hydrogen-bond donors (Lipinski definition) is 2. The highest BCUT2D eigenvalue weighted by atomic mass is 16.5. The highest BCUT2D eigenvalue weighted by Crippen LogP contribution is 2.17. The fourth-order valence-electron chi connectivity index (χ4n) is 2.52. The van der Waals surface area contributed by atoms with Crippen LogP contribution in [0.3, 0.4) is 0 Å². The molecule has 0 atom stereocenters. The quantitative estimate of drug-likeness (QED) is 0.498. The average Bonchev–Trinajstić information content (AvgIpc) is 2.46. The maximum atomic E-state index is 11.2. The first kappa shape index (κ1) is 17.7. The summed E-state index contributed by atoms with van der Waals surface area (Å²) < 4.78 is 5.28. The van der Waals surface area contributed by atoms with Crippen LogP contribution in [-0.4, -0.2) is 59.9 Å². The second-order valence-electron chi connectivity index (χ2n) is 5.19. The van der Waals surface area contributed by atoms with E-state index >= 15 is 0 Å². The zero-order valence-electron chi connectivity index (χ0n) is 12.6. The van der Waals surface area contributed by atoms with Crippen LogP contribution in [0, 0.1) is 0 Å². The predicted molar refractivity (Wildman–Crippen MR) is 78.3 cm³/mol. The van der Waals surface area contributed by atoms with Crippen LogP contribution >= 0.6 is 0 Å². The molecule has 1 heterocycles. The maximum absolute atomic E-state index is 11.2. The van der Waals surface area contributed by atoms with Crippen molar-refractivity contribution in [3.05, 3.63) is 11.1 Å². The minimum Gasteiger partial charge on any atom is -0.478 e. The fourth-order valence-corrected chi connectivity index (χ4v) is 2.52. The van der Waals surface area contributed by atoms with Gasteiger partial charge in [-0.15, -0.1) is 0 Å². The van der Waals surface area contributed by atoms with Gasteiger partial charge in [0.2, 0.25) is 0 Å². The number of carbonyl (C=O) groups is 2. The van der Waals surface area contributed by atoms with Gasteiger partial charge in [0.1, 0.15) is 0 Å². The monoisotopic (exact) mass is 299 g/mol. The molecule has 120 valence electrons. The zero-order chi connectivity index (χ0) is 15.7. The van der Waals surface area contributed by atoms with Crippen molar-refractivity contribution >= 4 is 11.9 Å². The van der Waals surface area contributed by atoms with E-state index in [0.717, 1.165) is 45.7 Å². The van der Waals surface area contributed by atoms with Gasteiger partial charge in [0.25, 0.3) is 0 Å². The molecule has 1 rings (SSSR count). The Morgan fingerprint density at radius 2 is 1.62 bits per heavy atom. The lowest BCUT2D eigenvalue weighted by atomic mass is 10.00. The summed E-state index contributed by atoms with van der Waals surface area (Å²) in [6.07, 6.45) is 3.19. The minimum atomic E-state index is -1.12. The molecule has 0 aromatic carbocycles. The summed E-state index contributed by atoms with van der Waals surface area (Å²) in [7, 11) is 0. The second-order valence-corrected chi connectivity index (χ2v) is 5.19. The SMILES string of the molecule is CCC(C(=O)O)=C(CCCCCN1CCOCC1)C(=O)O. The largest absolute Gasteiger partial charge is 0.478 e. The molecule has 0 spiro atoms. The van der Waals surface area contributed by atoms with Gasteiger partial charge in [-0.1, -0.05) is 13.3 Å². The number of unbranched alkanes of at least 4 members (excludes halogenated alkanes) is 2. The first-order chi connectivity index (χ1) is 10.1. The van der Waals surface area contributed by atoms with Crippen molar-refractivity contribution in [2.75, 3.05) is 32.8 Å². The van der Waals surface area contributed by atoms with Gasteiger partial charge >= 0.3 is 11.9 Å². The molecular formula is C15H25NO5. The summed E-state index contributed by atoms with van der Waals surface area (Å²) in [6, 6.07) is 0. The molecule has 1 saturated heterocycles. The van der Waals surface area contributed by atoms with E-state index in [2.05, 4.69) is 4.90 Å². The molecule has 0 amide bonds. The molecule has 21 heavy (non-hydrogen) atoms. The van der Waals surface area contributed by atoms with Crippen molar-refractivity contribution in [3.63, 3.8) is 0 Å². The Kier molecular flexibility index (Phi) is 8.00. The summed E-state index contributed by atoms with van der Waals surface area (Å²) in [5, 5.41) is 18.2. The Labute approximate surface area is 125 Å². The van der Waals surface area contributed by atoms with Crippen molar-refractivity contribution in [1.82, 2.24) is 4.90 Å². The van der Waals surface area contributed by atoms with Crippen molar-refractivity contribution in [1.29, 1.82) is 0 Å². The van der Waals surface area contributed by atoms with Gasteiger partial charge in [0.15, 0.2) is 0 Å². The Morgan fingerprint density at radius 3 is 2.14 bits per heavy atom. The Morgan fingerprint density at radius 1 is 1.00 bits per heavy atom. The molecule has 0 aromatic rings. The molecule has 0 aromatic heterocycles. The van der Waals surface area contributed by atoms with Crippen LogP contribution in [0.25, 0.3) is 0 Å². The molecule has 0 aliphatic carbocycles. The number of carboxylic acid groups (broad SMARTS) is 2. The third-order valence-corrected chi connectivity index (χ3v) is 3.74. The van der Waals surface area contributed by atoms with Crippen LogP contribution in [-0.2, 0) is 14.3 Å². The van der Waals surface area contributed by atoms with Gasteiger partial charge in [0, 0.05) is 24.2 Å². The maximum Gasteiger partial charge on any atom is 0.332 e. The lowest BCUT2D eigenvalue weighted by Gasteiger charge is -2.26. The number of ether oxygens (including phenoxy) is 1. The number of carboxylic acids is 2. The molecular weight excluding hydrogens is 274 g/mol. The standard InChI is InChI=1S/C15H25NO5/c1-2-12(14(17)18)13(15(19)20)6-4-3-5-7-16-8-10-21-11-9-16/h2-11H2,1H3,(H,17,18)(H,19,20). The molecule has 6 nitrogen and oxygen atoms in total. The smallest absolute Gasteiger partial charge is 0.332 e. The second kappa shape index (κ2) is 9.52. The van der Waals surface area contributed by atoms with Crippen LogP contribution in [0.2, 0.25) is 0 Å². The van der Waals surface area contributed by atoms with Gasteiger partial charge in [-0.05, 0) is 32.2 Å². The number of morpholine rings is 1. The lowest BCUT2D eigenvalue weighted by molar-refractivity contribution is -0.136. The van der Waals surface area contributed by atoms with Gasteiger partial charge in [-0.25, -0.2) is 9.59 Å². The summed E-state index contributed by atoms with van der Waals surface area (Å²) >= 11 is 0. The minimum absolute atomic E-state index is 0.0238. The third-order valence-electron chi connectivity index (χ3n) is 3.74. The van der Waals surface area contributed by atoms with E-state index in [9.17, 15) is 9.59 Å². The first-order valence-corrected chi connectivity index (χ1v) is 7.55. The highest BCUT2D eigenvalue weighted by molar-refractivity contribution is 5.98. The molecule has 1 aliphatic heterocycles. The Balaban J connectivity index is 2.34. The predicted octanol–water partition coefficient (Wildman–Crippen LogP) is 1.75. The number of aliphatic carboxylic acids is 2. The molecule has 0 unspecified atom stereocenters. The van der Waals surface area contributed by atoms with E-state index in [1.807, 2.05) is 0 Å². The molecule has 2 N–H and O–H groups in total. The van der Waals surface area contributed by atoms with Gasteiger partial charge < -0.3 is 14.9 Å². The summed E-state index contributed by atoms with van der Waals surface area (Å²) in [5.74, 6) is -2.23. The van der Waals surface area contributed by atoms with Crippen LogP contribution in [0.1, 0.15) is 39.0 Å². The van der Waals surface area contributed by atoms with E-state index in [-0.39, 0.29) is 17.6 Å². The number of rotatable bonds is 9. The van der Waals surface area contributed by atoms with Crippen molar-refractivity contribution < 1.29 is 24.5 Å². The molecule has 1 aliphatic rings. The molecule has 0 radical (unpaired) electrons. The highest BCUT2D eigenvalue weighted by Gasteiger charge is 2.18. The van der Waals surface area contributed by atoms with E-state index in [4.69, 9.17) is 14.9 Å². The number of hydrogen-bond acceptors (Lipinski definition) is 4. The topological polar surface area (TPSA) is 87.1 Å². The van der Waals surface area contributed by atoms with Crippen LogP contribution in [0.4, 0.5) is 0 Å². The van der Waals surface area contributed by atoms with Gasteiger partial charge in [-0.3, -0.25) is 4.90 Å². The first-order valence-electron chi connectivity index (χ1n) is 7.55. The van der Waals surface area contributed by atoms with Crippen molar-refractivity contribution in [2.24, 2.45) is 0 Å². The van der Waals surface area contributed by atoms with E-state index < -0.39 is 11.9 Å². The Bertz CT molecular complexity index is 386. The van der Waals surface area contributed by atoms with Gasteiger partial charge in [-0.2, -0.15) is 0 Å². The summed E-state index contributed by atoms with van der Waals surface area (Å²) in [4.78, 5) is 24.5. The number of nitrogens with zero attached hydrogens (tertiary/aromatic N) is 1. The van der Waals surface area contributed by atoms with Crippen LogP contribution < -0.4 is 0 Å². The molecule has 6 heteroatoms. The molecule has 1 fully saturated rings. The van der Waals surface area contributed by atoms with E-state index in [0.29, 0.717) is 12.8 Å². The molecule has 0 saturated carbocycles. The van der Waals surface area contributed by atoms with Crippen molar-refractivity contribution in [3.8, 4) is 0 Å². The summed E-state index contributed by atoms with van der Waals surface area (Å²) in [6.45, 7) is 6.15. The van der Waals surface area contributed by atoms with E-state index in [1.54, 1.807) is 6.92 Å². The zero-order valence-corrected chi connectivity index (χ0v) is 12.6. The van der Waals surface area contributed by atoms with Crippen LogP contribution in [0.5, 0.6) is 0 Å². The third kappa shape index (κ3) is 6.27. The normalized spacial score (nSPS) is 17.4. The van der Waals surface area contributed by atoms with Crippen molar-refractivity contribution in [2.45, 2.75) is 39.0 Å². The Hall–Kier alpha value is -1.40. The van der Waals surface area contributed by atoms with Gasteiger partial charge in [0.05, 0.1) is 13.2 Å². The summed E-state index contributed by atoms with van der Waals surface area (Å²) in [5.41, 5.74) is 0.0760. The molecule has 0 bridgehead atoms. The average molecular weight is 299 g/mol. The van der Waals surface area contributed by atoms with E-state index in [1.165, 1.54) is 0 Å². The fraction of sp³-hybridized carbons (Fsp3) is 0.733. The van der Waals surface area contributed by atoms with Crippen LogP contribution in [0.15, 0.2) is 11.1 Å². The lowest BCUT2D eigenvalue weighted by Crippen LogP contribution is -2.36.